The molecule has 1 heterocycles. The first kappa shape index (κ1) is 14.5. The van der Waals surface area contributed by atoms with Crippen molar-refractivity contribution in [2.24, 2.45) is 17.8 Å². The zero-order valence-corrected chi connectivity index (χ0v) is 12.4. The lowest BCUT2D eigenvalue weighted by Crippen LogP contribution is -2.40. The van der Waals surface area contributed by atoms with Gasteiger partial charge in [0.25, 0.3) is 5.91 Å². The number of rotatable bonds is 4. The van der Waals surface area contributed by atoms with Gasteiger partial charge in [-0.1, -0.05) is 6.42 Å². The number of aryl methyl sites for hydroxylation is 1. The van der Waals surface area contributed by atoms with E-state index in [2.05, 4.69) is 10.4 Å². The molecule has 2 fully saturated rings. The number of halogens is 2. The maximum atomic E-state index is 12.7. The van der Waals surface area contributed by atoms with E-state index >= 15 is 0 Å². The molecule has 1 aromatic heterocycles. The Bertz CT molecular complexity index is 543. The molecule has 0 aliphatic heterocycles. The average molecular weight is 297 g/mol. The molecule has 4 atom stereocenters. The number of alkyl halides is 2. The summed E-state index contributed by atoms with van der Waals surface area (Å²) in [5.41, 5.74) is 0.366. The Hall–Kier alpha value is -1.46. The lowest BCUT2D eigenvalue weighted by molar-refractivity contribution is 0.0538. The van der Waals surface area contributed by atoms with Crippen LogP contribution in [0.15, 0.2) is 6.07 Å². The van der Waals surface area contributed by atoms with Gasteiger partial charge in [0, 0.05) is 11.7 Å². The zero-order valence-electron chi connectivity index (χ0n) is 12.4. The van der Waals surface area contributed by atoms with Crippen molar-refractivity contribution in [1.82, 2.24) is 15.1 Å². The van der Waals surface area contributed by atoms with E-state index in [-0.39, 0.29) is 17.6 Å². The van der Waals surface area contributed by atoms with Crippen molar-refractivity contribution in [2.75, 3.05) is 0 Å². The van der Waals surface area contributed by atoms with Crippen molar-refractivity contribution < 1.29 is 13.6 Å². The number of hydrogen-bond acceptors (Lipinski definition) is 2. The molecule has 116 valence electrons. The molecule has 0 aromatic carbocycles. The predicted molar refractivity (Wildman–Crippen MR) is 74.1 cm³/mol. The number of carbonyl (C=O) groups excluding carboxylic acids is 1. The van der Waals surface area contributed by atoms with Crippen LogP contribution in [0, 0.1) is 24.7 Å². The largest absolute Gasteiger partial charge is 0.348 e. The lowest BCUT2D eigenvalue weighted by Gasteiger charge is -2.28. The minimum absolute atomic E-state index is 0.0720. The second-order valence-electron chi connectivity index (χ2n) is 6.49. The van der Waals surface area contributed by atoms with Gasteiger partial charge in [-0.25, -0.2) is 4.68 Å². The van der Waals surface area contributed by atoms with Gasteiger partial charge in [0.2, 0.25) is 0 Å². The molecule has 21 heavy (non-hydrogen) atoms. The fourth-order valence-corrected chi connectivity index (χ4v) is 4.09. The van der Waals surface area contributed by atoms with E-state index in [1.54, 1.807) is 0 Å². The standard InChI is InChI=1S/C15H21F2N3O/c1-8-5-13(19-20(8)15(16)17)14(21)18-9(2)12-7-10-3-4-11(12)6-10/h5,9-12,15H,3-4,6-7H2,1-2H3,(H,18,21)/t9-,10+,11+,12+/m1/s1. The SMILES string of the molecule is Cc1cc(C(=O)N[C@H](C)[C@@H]2C[C@H]3CC[C@H]2C3)nn1C(F)F. The van der Waals surface area contributed by atoms with Gasteiger partial charge in [-0.05, 0) is 56.9 Å². The highest BCUT2D eigenvalue weighted by Gasteiger charge is 2.42. The molecule has 1 amide bonds. The second-order valence-corrected chi connectivity index (χ2v) is 6.49. The van der Waals surface area contributed by atoms with Crippen molar-refractivity contribution in [3.8, 4) is 0 Å². The smallest absolute Gasteiger partial charge is 0.333 e. The molecule has 0 unspecified atom stereocenters. The second kappa shape index (κ2) is 5.39. The highest BCUT2D eigenvalue weighted by molar-refractivity contribution is 5.92. The summed E-state index contributed by atoms with van der Waals surface area (Å²) in [4.78, 5) is 12.2. The third-order valence-electron chi connectivity index (χ3n) is 5.13. The van der Waals surface area contributed by atoms with E-state index in [9.17, 15) is 13.6 Å². The molecule has 1 N–H and O–H groups in total. The van der Waals surface area contributed by atoms with Crippen LogP contribution >= 0.6 is 0 Å². The van der Waals surface area contributed by atoms with E-state index in [0.29, 0.717) is 22.2 Å². The number of nitrogens with zero attached hydrogens (tertiary/aromatic N) is 2. The molecule has 3 rings (SSSR count). The Balaban J connectivity index is 1.64. The summed E-state index contributed by atoms with van der Waals surface area (Å²) in [6, 6.07) is 1.49. The number of fused-ring (bicyclic) bond motifs is 2. The molecule has 0 radical (unpaired) electrons. The van der Waals surface area contributed by atoms with Crippen molar-refractivity contribution in [2.45, 2.75) is 52.1 Å². The summed E-state index contributed by atoms with van der Waals surface area (Å²) in [5.74, 6) is 1.70. The molecule has 0 saturated heterocycles. The fourth-order valence-electron chi connectivity index (χ4n) is 4.09. The fraction of sp³-hybridized carbons (Fsp3) is 0.733. The first-order chi connectivity index (χ1) is 9.95. The third-order valence-corrected chi connectivity index (χ3v) is 5.13. The van der Waals surface area contributed by atoms with E-state index in [0.717, 1.165) is 5.92 Å². The van der Waals surface area contributed by atoms with Crippen LogP contribution in [0.5, 0.6) is 0 Å². The maximum absolute atomic E-state index is 12.7. The highest BCUT2D eigenvalue weighted by atomic mass is 19.3. The van der Waals surface area contributed by atoms with Crippen LogP contribution in [0.1, 0.15) is 55.3 Å². The summed E-state index contributed by atoms with van der Waals surface area (Å²) in [5, 5.41) is 6.63. The number of nitrogens with one attached hydrogen (secondary N) is 1. The number of amides is 1. The van der Waals surface area contributed by atoms with Crippen LogP contribution in [0.2, 0.25) is 0 Å². The number of hydrogen-bond donors (Lipinski definition) is 1. The molecule has 2 aliphatic carbocycles. The summed E-state index contributed by atoms with van der Waals surface area (Å²) in [6.07, 6.45) is 5.04. The van der Waals surface area contributed by atoms with E-state index in [4.69, 9.17) is 0 Å². The third kappa shape index (κ3) is 2.68. The molecule has 2 saturated carbocycles. The van der Waals surface area contributed by atoms with Gasteiger partial charge in [0.05, 0.1) is 0 Å². The molecular formula is C15H21F2N3O. The normalized spacial score (nSPS) is 29.1. The van der Waals surface area contributed by atoms with Gasteiger partial charge < -0.3 is 5.32 Å². The minimum Gasteiger partial charge on any atom is -0.348 e. The Morgan fingerprint density at radius 3 is 2.71 bits per heavy atom. The van der Waals surface area contributed by atoms with E-state index in [1.807, 2.05) is 6.92 Å². The first-order valence-corrected chi connectivity index (χ1v) is 7.61. The topological polar surface area (TPSA) is 46.9 Å². The van der Waals surface area contributed by atoms with Gasteiger partial charge in [-0.15, -0.1) is 0 Å². The van der Waals surface area contributed by atoms with Gasteiger partial charge in [0.15, 0.2) is 5.69 Å². The van der Waals surface area contributed by atoms with Gasteiger partial charge in [-0.3, -0.25) is 4.79 Å². The van der Waals surface area contributed by atoms with Crippen LogP contribution in [-0.4, -0.2) is 21.7 Å². The highest BCUT2D eigenvalue weighted by Crippen LogP contribution is 2.49. The molecule has 4 nitrogen and oxygen atoms in total. The quantitative estimate of drug-likeness (QED) is 0.928. The van der Waals surface area contributed by atoms with E-state index < -0.39 is 6.55 Å². The van der Waals surface area contributed by atoms with Crippen LogP contribution in [0.25, 0.3) is 0 Å². The first-order valence-electron chi connectivity index (χ1n) is 7.61. The Labute approximate surface area is 122 Å². The van der Waals surface area contributed by atoms with Crippen molar-refractivity contribution in [3.05, 3.63) is 17.5 Å². The Kier molecular flexibility index (Phi) is 3.71. The average Bonchev–Trinajstić information content (AvgIpc) is 3.12. The lowest BCUT2D eigenvalue weighted by atomic mass is 9.84. The Morgan fingerprint density at radius 2 is 2.19 bits per heavy atom. The Morgan fingerprint density at radius 1 is 1.43 bits per heavy atom. The minimum atomic E-state index is -2.71. The van der Waals surface area contributed by atoms with Crippen LogP contribution in [-0.2, 0) is 0 Å². The summed E-state index contributed by atoms with van der Waals surface area (Å²) >= 11 is 0. The molecule has 1 aromatic rings. The van der Waals surface area contributed by atoms with Crippen molar-refractivity contribution in [3.63, 3.8) is 0 Å². The molecular weight excluding hydrogens is 276 g/mol. The number of aromatic nitrogens is 2. The summed E-state index contributed by atoms with van der Waals surface area (Å²) in [7, 11) is 0. The van der Waals surface area contributed by atoms with Crippen LogP contribution in [0.4, 0.5) is 8.78 Å². The van der Waals surface area contributed by atoms with Crippen molar-refractivity contribution >= 4 is 5.91 Å². The van der Waals surface area contributed by atoms with Crippen molar-refractivity contribution in [1.29, 1.82) is 0 Å². The zero-order chi connectivity index (χ0) is 15.1. The van der Waals surface area contributed by atoms with Gasteiger partial charge >= 0.3 is 6.55 Å². The van der Waals surface area contributed by atoms with E-state index in [1.165, 1.54) is 38.7 Å². The summed E-state index contributed by atoms with van der Waals surface area (Å²) < 4.78 is 25.9. The molecule has 6 heteroatoms. The van der Waals surface area contributed by atoms with Crippen LogP contribution < -0.4 is 5.32 Å². The predicted octanol–water partition coefficient (Wildman–Crippen LogP) is 3.14. The molecule has 2 aliphatic rings. The number of carbonyl (C=O) groups is 1. The molecule has 2 bridgehead atoms. The van der Waals surface area contributed by atoms with Gasteiger partial charge in [-0.2, -0.15) is 13.9 Å². The monoisotopic (exact) mass is 297 g/mol. The molecule has 0 spiro atoms. The van der Waals surface area contributed by atoms with Gasteiger partial charge in [0.1, 0.15) is 0 Å². The van der Waals surface area contributed by atoms with Crippen LogP contribution in [0.3, 0.4) is 0 Å². The summed E-state index contributed by atoms with van der Waals surface area (Å²) in [6.45, 7) is 0.824. The maximum Gasteiger partial charge on any atom is 0.333 e.